The molecule has 0 amide bonds. The van der Waals surface area contributed by atoms with Gasteiger partial charge in [-0.2, -0.15) is 13.5 Å². The standard InChI is InChI=1S/C11H10BrClFN3O2S/c1-6-3-7(12)9(14)4-10(6)16-20(18,19)11-8(13)5-15-17(11)2/h3-5,16H,1-2H3. The second-order valence-corrected chi connectivity index (χ2v) is 6.97. The van der Waals surface area contributed by atoms with Crippen molar-refractivity contribution < 1.29 is 12.8 Å². The van der Waals surface area contributed by atoms with Gasteiger partial charge in [0.25, 0.3) is 10.0 Å². The summed E-state index contributed by atoms with van der Waals surface area (Å²) in [4.78, 5) is 0. The molecule has 0 aliphatic rings. The van der Waals surface area contributed by atoms with Gasteiger partial charge in [-0.1, -0.05) is 11.6 Å². The van der Waals surface area contributed by atoms with Crippen LogP contribution in [0.5, 0.6) is 0 Å². The van der Waals surface area contributed by atoms with Crippen LogP contribution in [0.1, 0.15) is 5.56 Å². The lowest BCUT2D eigenvalue weighted by molar-refractivity contribution is 0.582. The molecule has 0 spiro atoms. The van der Waals surface area contributed by atoms with Gasteiger partial charge in [0, 0.05) is 7.05 Å². The summed E-state index contributed by atoms with van der Waals surface area (Å²) >= 11 is 8.84. The van der Waals surface area contributed by atoms with Crippen molar-refractivity contribution in [2.45, 2.75) is 11.9 Å². The summed E-state index contributed by atoms with van der Waals surface area (Å²) < 4.78 is 41.7. The number of hydrogen-bond acceptors (Lipinski definition) is 3. The Morgan fingerprint density at radius 3 is 2.65 bits per heavy atom. The lowest BCUT2D eigenvalue weighted by Gasteiger charge is -2.11. The fourth-order valence-electron chi connectivity index (χ4n) is 1.65. The normalized spacial score (nSPS) is 11.7. The molecule has 1 heterocycles. The molecular formula is C11H10BrClFN3O2S. The Morgan fingerprint density at radius 1 is 1.45 bits per heavy atom. The van der Waals surface area contributed by atoms with Crippen molar-refractivity contribution in [1.82, 2.24) is 9.78 Å². The number of halogens is 3. The highest BCUT2D eigenvalue weighted by Gasteiger charge is 2.23. The molecule has 1 aromatic carbocycles. The number of benzene rings is 1. The molecule has 0 aliphatic carbocycles. The van der Waals surface area contributed by atoms with E-state index in [1.54, 1.807) is 6.92 Å². The minimum Gasteiger partial charge on any atom is -0.278 e. The Balaban J connectivity index is 2.47. The van der Waals surface area contributed by atoms with Crippen LogP contribution in [0.25, 0.3) is 0 Å². The van der Waals surface area contributed by atoms with E-state index in [1.165, 1.54) is 19.3 Å². The molecule has 108 valence electrons. The van der Waals surface area contributed by atoms with Crippen LogP contribution in [0, 0.1) is 12.7 Å². The maximum absolute atomic E-state index is 13.5. The fourth-order valence-corrected chi connectivity index (χ4v) is 3.89. The molecular weight excluding hydrogens is 373 g/mol. The molecule has 0 saturated carbocycles. The van der Waals surface area contributed by atoms with Gasteiger partial charge in [-0.25, -0.2) is 4.39 Å². The van der Waals surface area contributed by atoms with Crippen LogP contribution in [-0.4, -0.2) is 18.2 Å². The summed E-state index contributed by atoms with van der Waals surface area (Å²) in [5.41, 5.74) is 0.711. The zero-order valence-electron chi connectivity index (χ0n) is 10.5. The number of hydrogen-bond donors (Lipinski definition) is 1. The van der Waals surface area contributed by atoms with Crippen LogP contribution in [-0.2, 0) is 17.1 Å². The SMILES string of the molecule is Cc1cc(Br)c(F)cc1NS(=O)(=O)c1c(Cl)cnn1C. The minimum absolute atomic E-state index is 0.00441. The van der Waals surface area contributed by atoms with Gasteiger partial charge in [0.15, 0.2) is 5.03 Å². The van der Waals surface area contributed by atoms with Crippen LogP contribution in [0.4, 0.5) is 10.1 Å². The van der Waals surface area contributed by atoms with Gasteiger partial charge in [-0.3, -0.25) is 9.40 Å². The molecule has 0 saturated heterocycles. The lowest BCUT2D eigenvalue weighted by atomic mass is 10.2. The number of aryl methyl sites for hydroxylation is 2. The number of sulfonamides is 1. The predicted molar refractivity (Wildman–Crippen MR) is 77.9 cm³/mol. The second kappa shape index (κ2) is 5.34. The molecule has 1 aromatic heterocycles. The largest absolute Gasteiger partial charge is 0.280 e. The third kappa shape index (κ3) is 2.82. The summed E-state index contributed by atoms with van der Waals surface area (Å²) in [5, 5.41) is 3.58. The van der Waals surface area contributed by atoms with Gasteiger partial charge in [-0.05, 0) is 40.5 Å². The van der Waals surface area contributed by atoms with E-state index in [1.807, 2.05) is 0 Å². The monoisotopic (exact) mass is 381 g/mol. The Bertz CT molecular complexity index is 757. The molecule has 0 bridgehead atoms. The van der Waals surface area contributed by atoms with Gasteiger partial charge in [0.05, 0.1) is 21.4 Å². The van der Waals surface area contributed by atoms with Crippen LogP contribution < -0.4 is 4.72 Å². The summed E-state index contributed by atoms with van der Waals surface area (Å²) in [7, 11) is -2.49. The first-order valence-corrected chi connectivity index (χ1v) is 8.04. The molecule has 0 atom stereocenters. The van der Waals surface area contributed by atoms with Crippen molar-refractivity contribution in [3.63, 3.8) is 0 Å². The number of anilines is 1. The third-order valence-electron chi connectivity index (χ3n) is 2.61. The first-order valence-electron chi connectivity index (χ1n) is 5.38. The molecule has 2 aromatic rings. The van der Waals surface area contributed by atoms with Gasteiger partial charge < -0.3 is 0 Å². The molecule has 2 rings (SSSR count). The van der Waals surface area contributed by atoms with E-state index in [0.717, 1.165) is 10.7 Å². The highest BCUT2D eigenvalue weighted by atomic mass is 79.9. The summed E-state index contributed by atoms with van der Waals surface area (Å²) in [6.45, 7) is 1.66. The van der Waals surface area contributed by atoms with E-state index in [4.69, 9.17) is 11.6 Å². The minimum atomic E-state index is -3.95. The number of nitrogens with one attached hydrogen (secondary N) is 1. The number of aromatic nitrogens is 2. The van der Waals surface area contributed by atoms with Gasteiger partial charge in [-0.15, -0.1) is 0 Å². The highest BCUT2D eigenvalue weighted by molar-refractivity contribution is 9.10. The molecule has 9 heteroatoms. The van der Waals surface area contributed by atoms with Gasteiger partial charge >= 0.3 is 0 Å². The smallest absolute Gasteiger partial charge is 0.278 e. The van der Waals surface area contributed by atoms with E-state index in [9.17, 15) is 12.8 Å². The molecule has 5 nitrogen and oxygen atoms in total. The van der Waals surface area contributed by atoms with E-state index in [2.05, 4.69) is 25.8 Å². The molecule has 0 unspecified atom stereocenters. The first-order chi connectivity index (χ1) is 9.22. The zero-order chi connectivity index (χ0) is 15.1. The van der Waals surface area contributed by atoms with Crippen molar-refractivity contribution in [2.75, 3.05) is 4.72 Å². The van der Waals surface area contributed by atoms with E-state index in [-0.39, 0.29) is 20.2 Å². The third-order valence-corrected chi connectivity index (χ3v) is 5.09. The van der Waals surface area contributed by atoms with Crippen LogP contribution in [0.15, 0.2) is 27.8 Å². The zero-order valence-corrected chi connectivity index (χ0v) is 13.6. The van der Waals surface area contributed by atoms with Gasteiger partial charge in [0.1, 0.15) is 5.82 Å². The summed E-state index contributed by atoms with van der Waals surface area (Å²) in [5.74, 6) is -0.565. The van der Waals surface area contributed by atoms with Crippen molar-refractivity contribution in [2.24, 2.45) is 7.05 Å². The maximum Gasteiger partial charge on any atom is 0.280 e. The first kappa shape index (κ1) is 15.3. The average Bonchev–Trinajstić information content (AvgIpc) is 2.66. The van der Waals surface area contributed by atoms with Crippen molar-refractivity contribution in [1.29, 1.82) is 0 Å². The summed E-state index contributed by atoms with van der Waals surface area (Å²) in [6, 6.07) is 2.58. The van der Waals surface area contributed by atoms with Crippen LogP contribution >= 0.6 is 27.5 Å². The second-order valence-electron chi connectivity index (χ2n) is 4.11. The molecule has 0 fully saturated rings. The van der Waals surface area contributed by atoms with Crippen LogP contribution in [0.2, 0.25) is 5.02 Å². The Morgan fingerprint density at radius 2 is 2.10 bits per heavy atom. The maximum atomic E-state index is 13.5. The Hall–Kier alpha value is -1.12. The molecule has 0 aliphatic heterocycles. The highest BCUT2D eigenvalue weighted by Crippen LogP contribution is 2.27. The topological polar surface area (TPSA) is 64.0 Å². The van der Waals surface area contributed by atoms with Crippen molar-refractivity contribution in [3.05, 3.63) is 39.2 Å². The number of nitrogens with zero attached hydrogens (tertiary/aromatic N) is 2. The van der Waals surface area contributed by atoms with Crippen molar-refractivity contribution >= 4 is 43.2 Å². The van der Waals surface area contributed by atoms with E-state index < -0.39 is 15.8 Å². The van der Waals surface area contributed by atoms with E-state index in [0.29, 0.717) is 5.56 Å². The number of rotatable bonds is 3. The Kier molecular flexibility index (Phi) is 4.08. The quantitative estimate of drug-likeness (QED) is 0.887. The van der Waals surface area contributed by atoms with Crippen LogP contribution in [0.3, 0.4) is 0 Å². The van der Waals surface area contributed by atoms with Gasteiger partial charge in [0.2, 0.25) is 0 Å². The fraction of sp³-hybridized carbons (Fsp3) is 0.182. The predicted octanol–water partition coefficient (Wildman–Crippen LogP) is 3.08. The molecule has 20 heavy (non-hydrogen) atoms. The Labute approximate surface area is 128 Å². The van der Waals surface area contributed by atoms with Crippen molar-refractivity contribution in [3.8, 4) is 0 Å². The average molecular weight is 383 g/mol. The molecule has 0 radical (unpaired) electrons. The lowest BCUT2D eigenvalue weighted by Crippen LogP contribution is -2.18. The van der Waals surface area contributed by atoms with E-state index >= 15 is 0 Å². The summed E-state index contributed by atoms with van der Waals surface area (Å²) in [6.07, 6.45) is 1.23. The molecule has 1 N–H and O–H groups in total.